The maximum absolute atomic E-state index is 11.0. The Labute approximate surface area is 88.0 Å². The molecule has 0 bridgehead atoms. The molecule has 0 spiro atoms. The molecule has 6 heteroatoms. The summed E-state index contributed by atoms with van der Waals surface area (Å²) in [5.74, 6) is 0.715. The summed E-state index contributed by atoms with van der Waals surface area (Å²) < 4.78 is 9.39. The molecule has 0 aromatic carbocycles. The highest BCUT2D eigenvalue weighted by Gasteiger charge is 2.12. The molecule has 0 aliphatic carbocycles. The van der Waals surface area contributed by atoms with Crippen molar-refractivity contribution < 1.29 is 14.1 Å². The molecular weight excluding hydrogens is 198 g/mol. The molecule has 0 aliphatic rings. The van der Waals surface area contributed by atoms with Crippen LogP contribution >= 0.6 is 0 Å². The minimum absolute atomic E-state index is 0.178. The van der Waals surface area contributed by atoms with E-state index in [2.05, 4.69) is 20.2 Å². The van der Waals surface area contributed by atoms with Crippen molar-refractivity contribution in [1.29, 1.82) is 0 Å². The van der Waals surface area contributed by atoms with E-state index in [9.17, 15) is 4.79 Å². The molecule has 1 unspecified atom stereocenters. The van der Waals surface area contributed by atoms with Crippen molar-refractivity contribution in [3.63, 3.8) is 0 Å². The van der Waals surface area contributed by atoms with Crippen molar-refractivity contribution in [2.45, 2.75) is 20.4 Å². The van der Waals surface area contributed by atoms with Gasteiger partial charge in [-0.15, -0.1) is 0 Å². The SMILES string of the molecule is COC(=O)C(C)CNCc1noc(C)n1. The molecule has 1 atom stereocenters. The summed E-state index contributed by atoms with van der Waals surface area (Å²) in [5, 5.41) is 6.76. The first-order valence-corrected chi connectivity index (χ1v) is 4.71. The summed E-state index contributed by atoms with van der Waals surface area (Å²) >= 11 is 0. The summed E-state index contributed by atoms with van der Waals surface area (Å²) in [6.45, 7) is 4.53. The maximum atomic E-state index is 11.0. The van der Waals surface area contributed by atoms with Crippen LogP contribution < -0.4 is 5.32 Å². The number of esters is 1. The van der Waals surface area contributed by atoms with Crippen LogP contribution in [-0.4, -0.2) is 29.8 Å². The van der Waals surface area contributed by atoms with E-state index in [0.29, 0.717) is 24.8 Å². The second kappa shape index (κ2) is 5.45. The maximum Gasteiger partial charge on any atom is 0.309 e. The fourth-order valence-corrected chi connectivity index (χ4v) is 1.10. The zero-order valence-corrected chi connectivity index (χ0v) is 9.11. The lowest BCUT2D eigenvalue weighted by Gasteiger charge is -2.08. The van der Waals surface area contributed by atoms with Crippen molar-refractivity contribution in [2.75, 3.05) is 13.7 Å². The molecule has 0 radical (unpaired) electrons. The summed E-state index contributed by atoms with van der Waals surface area (Å²) in [7, 11) is 1.38. The van der Waals surface area contributed by atoms with E-state index >= 15 is 0 Å². The quantitative estimate of drug-likeness (QED) is 0.708. The molecule has 6 nitrogen and oxygen atoms in total. The lowest BCUT2D eigenvalue weighted by atomic mass is 10.2. The van der Waals surface area contributed by atoms with Crippen LogP contribution in [0, 0.1) is 12.8 Å². The fraction of sp³-hybridized carbons (Fsp3) is 0.667. The van der Waals surface area contributed by atoms with Crippen molar-refractivity contribution in [3.05, 3.63) is 11.7 Å². The Morgan fingerprint density at radius 2 is 2.40 bits per heavy atom. The van der Waals surface area contributed by atoms with Gasteiger partial charge in [-0.05, 0) is 0 Å². The van der Waals surface area contributed by atoms with E-state index in [-0.39, 0.29) is 11.9 Å². The number of methoxy groups -OCH3 is 1. The van der Waals surface area contributed by atoms with E-state index in [1.54, 1.807) is 13.8 Å². The molecule has 0 amide bonds. The van der Waals surface area contributed by atoms with E-state index in [1.807, 2.05) is 0 Å². The summed E-state index contributed by atoms with van der Waals surface area (Å²) in [6.07, 6.45) is 0. The van der Waals surface area contributed by atoms with Gasteiger partial charge in [0.15, 0.2) is 5.82 Å². The van der Waals surface area contributed by atoms with Gasteiger partial charge in [0.25, 0.3) is 0 Å². The average molecular weight is 213 g/mol. The number of aryl methyl sites for hydroxylation is 1. The Hall–Kier alpha value is -1.43. The van der Waals surface area contributed by atoms with Gasteiger partial charge in [-0.2, -0.15) is 4.98 Å². The molecule has 0 saturated carbocycles. The van der Waals surface area contributed by atoms with Crippen LogP contribution in [0.4, 0.5) is 0 Å². The van der Waals surface area contributed by atoms with Crippen LogP contribution in [0.2, 0.25) is 0 Å². The van der Waals surface area contributed by atoms with Crippen LogP contribution in [-0.2, 0) is 16.1 Å². The van der Waals surface area contributed by atoms with Gasteiger partial charge in [-0.25, -0.2) is 0 Å². The molecule has 0 aliphatic heterocycles. The van der Waals surface area contributed by atoms with Gasteiger partial charge >= 0.3 is 5.97 Å². The highest BCUT2D eigenvalue weighted by molar-refractivity contribution is 5.71. The lowest BCUT2D eigenvalue weighted by molar-refractivity contribution is -0.144. The highest BCUT2D eigenvalue weighted by atomic mass is 16.5. The standard InChI is InChI=1S/C9H15N3O3/c1-6(9(13)14-3)4-10-5-8-11-7(2)15-12-8/h6,10H,4-5H2,1-3H3. The molecule has 1 aromatic heterocycles. The monoisotopic (exact) mass is 213 g/mol. The summed E-state index contributed by atoms with van der Waals surface area (Å²) in [5.41, 5.74) is 0. The summed E-state index contributed by atoms with van der Waals surface area (Å²) in [4.78, 5) is 15.1. The second-order valence-corrected chi connectivity index (χ2v) is 3.28. The lowest BCUT2D eigenvalue weighted by Crippen LogP contribution is -2.27. The smallest absolute Gasteiger partial charge is 0.309 e. The largest absolute Gasteiger partial charge is 0.469 e. The highest BCUT2D eigenvalue weighted by Crippen LogP contribution is 1.97. The third-order valence-corrected chi connectivity index (χ3v) is 1.91. The number of hydrogen-bond acceptors (Lipinski definition) is 6. The third kappa shape index (κ3) is 3.67. The fourth-order valence-electron chi connectivity index (χ4n) is 1.10. The Bertz CT molecular complexity index is 324. The molecule has 1 rings (SSSR count). The predicted molar refractivity (Wildman–Crippen MR) is 51.9 cm³/mol. The van der Waals surface area contributed by atoms with E-state index in [1.165, 1.54) is 7.11 Å². The van der Waals surface area contributed by atoms with Crippen molar-refractivity contribution in [2.24, 2.45) is 5.92 Å². The molecule has 1 N–H and O–H groups in total. The van der Waals surface area contributed by atoms with E-state index in [0.717, 1.165) is 0 Å². The van der Waals surface area contributed by atoms with Crippen molar-refractivity contribution in [1.82, 2.24) is 15.5 Å². The zero-order valence-electron chi connectivity index (χ0n) is 9.11. The number of nitrogens with one attached hydrogen (secondary N) is 1. The second-order valence-electron chi connectivity index (χ2n) is 3.28. The molecule has 1 heterocycles. The van der Waals surface area contributed by atoms with Gasteiger partial charge in [0, 0.05) is 13.5 Å². The third-order valence-electron chi connectivity index (χ3n) is 1.91. The molecule has 1 aromatic rings. The van der Waals surface area contributed by atoms with Crippen LogP contribution in [0.25, 0.3) is 0 Å². The number of hydrogen-bond donors (Lipinski definition) is 1. The van der Waals surface area contributed by atoms with Gasteiger partial charge in [-0.1, -0.05) is 12.1 Å². The zero-order chi connectivity index (χ0) is 11.3. The Morgan fingerprint density at radius 1 is 1.67 bits per heavy atom. The number of aromatic nitrogens is 2. The first-order valence-electron chi connectivity index (χ1n) is 4.71. The van der Waals surface area contributed by atoms with Crippen LogP contribution in [0.15, 0.2) is 4.52 Å². The normalized spacial score (nSPS) is 12.5. The molecule has 15 heavy (non-hydrogen) atoms. The molecule has 0 fully saturated rings. The Kier molecular flexibility index (Phi) is 4.23. The number of carbonyl (C=O) groups excluding carboxylic acids is 1. The molecule has 84 valence electrons. The van der Waals surface area contributed by atoms with Gasteiger partial charge in [0.05, 0.1) is 19.6 Å². The first-order chi connectivity index (χ1) is 7.13. The Morgan fingerprint density at radius 3 is 2.93 bits per heavy atom. The minimum Gasteiger partial charge on any atom is -0.469 e. The van der Waals surface area contributed by atoms with Crippen LogP contribution in [0.1, 0.15) is 18.6 Å². The van der Waals surface area contributed by atoms with E-state index in [4.69, 9.17) is 4.52 Å². The average Bonchev–Trinajstić information content (AvgIpc) is 2.63. The van der Waals surface area contributed by atoms with Gasteiger partial charge in [0.2, 0.25) is 5.89 Å². The molecular formula is C9H15N3O3. The van der Waals surface area contributed by atoms with Gasteiger partial charge < -0.3 is 14.6 Å². The number of rotatable bonds is 5. The van der Waals surface area contributed by atoms with E-state index < -0.39 is 0 Å². The van der Waals surface area contributed by atoms with Crippen LogP contribution in [0.5, 0.6) is 0 Å². The number of nitrogens with zero attached hydrogens (tertiary/aromatic N) is 2. The Balaban J connectivity index is 2.24. The van der Waals surface area contributed by atoms with Gasteiger partial charge in [-0.3, -0.25) is 4.79 Å². The number of carbonyl (C=O) groups is 1. The summed E-state index contributed by atoms with van der Waals surface area (Å²) in [6, 6.07) is 0. The van der Waals surface area contributed by atoms with Crippen molar-refractivity contribution >= 4 is 5.97 Å². The van der Waals surface area contributed by atoms with Crippen molar-refractivity contribution in [3.8, 4) is 0 Å². The topological polar surface area (TPSA) is 77.2 Å². The predicted octanol–water partition coefficient (Wildman–Crippen LogP) is 0.277. The van der Waals surface area contributed by atoms with Gasteiger partial charge in [0.1, 0.15) is 0 Å². The minimum atomic E-state index is -0.230. The molecule has 0 saturated heterocycles. The first kappa shape index (κ1) is 11.6. The number of ether oxygens (including phenoxy) is 1. The van der Waals surface area contributed by atoms with Crippen LogP contribution in [0.3, 0.4) is 0 Å².